The van der Waals surface area contributed by atoms with Crippen LogP contribution in [0.15, 0.2) is 24.3 Å². The fourth-order valence-corrected chi connectivity index (χ4v) is 1.31. The van der Waals surface area contributed by atoms with Crippen molar-refractivity contribution in [2.24, 2.45) is 0 Å². The van der Waals surface area contributed by atoms with Crippen LogP contribution in [0.3, 0.4) is 0 Å². The summed E-state index contributed by atoms with van der Waals surface area (Å²) in [6.07, 6.45) is 0. The SMILES string of the molecule is CC(C)(C)Oc1ccccc1P=O. The van der Waals surface area contributed by atoms with Gasteiger partial charge in [-0.1, -0.05) is 12.1 Å². The molecule has 1 rings (SSSR count). The third-order valence-corrected chi connectivity index (χ3v) is 1.95. The van der Waals surface area contributed by atoms with Crippen LogP contribution < -0.4 is 10.0 Å². The predicted octanol–water partition coefficient (Wildman–Crippen LogP) is 2.78. The topological polar surface area (TPSA) is 26.3 Å². The van der Waals surface area contributed by atoms with Crippen LogP contribution in [0.4, 0.5) is 0 Å². The molecule has 13 heavy (non-hydrogen) atoms. The summed E-state index contributed by atoms with van der Waals surface area (Å²) in [4.78, 5) is 0. The minimum absolute atomic E-state index is 0.000432. The lowest BCUT2D eigenvalue weighted by molar-refractivity contribution is 0.132. The molecule has 0 heterocycles. The minimum atomic E-state index is -0.249. The van der Waals surface area contributed by atoms with Crippen molar-refractivity contribution in [1.29, 1.82) is 0 Å². The highest BCUT2D eigenvalue weighted by molar-refractivity contribution is 7.34. The maximum atomic E-state index is 10.7. The van der Waals surface area contributed by atoms with E-state index < -0.39 is 0 Å². The Morgan fingerprint density at radius 2 is 1.85 bits per heavy atom. The second-order valence-corrected chi connectivity index (χ2v) is 4.44. The molecule has 70 valence electrons. The molecular weight excluding hydrogens is 183 g/mol. The maximum Gasteiger partial charge on any atom is 0.196 e. The van der Waals surface area contributed by atoms with E-state index in [4.69, 9.17) is 4.74 Å². The van der Waals surface area contributed by atoms with Crippen molar-refractivity contribution in [3.8, 4) is 5.75 Å². The molecule has 0 amide bonds. The standard InChI is InChI=1S/C10H13O2P/c1-10(2,3)12-8-6-4-5-7-9(8)13-11/h4-7H,1-3H3. The predicted molar refractivity (Wildman–Crippen MR) is 54.1 cm³/mol. The third-order valence-electron chi connectivity index (χ3n) is 1.38. The molecule has 0 aromatic heterocycles. The number of hydrogen-bond donors (Lipinski definition) is 0. The van der Waals surface area contributed by atoms with Gasteiger partial charge in [-0.3, -0.25) is 4.57 Å². The van der Waals surface area contributed by atoms with Crippen LogP contribution in [0.2, 0.25) is 0 Å². The summed E-state index contributed by atoms with van der Waals surface area (Å²) in [7, 11) is 0.000432. The van der Waals surface area contributed by atoms with Gasteiger partial charge in [0.1, 0.15) is 11.4 Å². The van der Waals surface area contributed by atoms with Gasteiger partial charge in [0.2, 0.25) is 0 Å². The van der Waals surface area contributed by atoms with Gasteiger partial charge in [-0.25, -0.2) is 0 Å². The third kappa shape index (κ3) is 3.16. The zero-order chi connectivity index (χ0) is 9.90. The van der Waals surface area contributed by atoms with Crippen molar-refractivity contribution in [2.45, 2.75) is 26.4 Å². The van der Waals surface area contributed by atoms with Crippen LogP contribution in [-0.4, -0.2) is 5.60 Å². The molecule has 0 atom stereocenters. The van der Waals surface area contributed by atoms with E-state index in [1.165, 1.54) is 0 Å². The summed E-state index contributed by atoms with van der Waals surface area (Å²) in [6, 6.07) is 7.33. The Kier molecular flexibility index (Phi) is 3.05. The van der Waals surface area contributed by atoms with Gasteiger partial charge in [0.05, 0.1) is 5.30 Å². The molecule has 0 fully saturated rings. The van der Waals surface area contributed by atoms with Gasteiger partial charge in [0.15, 0.2) is 8.46 Å². The molecule has 3 heteroatoms. The number of para-hydroxylation sites is 1. The Morgan fingerprint density at radius 1 is 1.23 bits per heavy atom. The fourth-order valence-electron chi connectivity index (χ4n) is 0.949. The van der Waals surface area contributed by atoms with Crippen LogP contribution in [0.5, 0.6) is 5.75 Å². The Morgan fingerprint density at radius 3 is 2.38 bits per heavy atom. The van der Waals surface area contributed by atoms with Crippen molar-refractivity contribution in [2.75, 3.05) is 0 Å². The van der Waals surface area contributed by atoms with E-state index >= 15 is 0 Å². The van der Waals surface area contributed by atoms with Gasteiger partial charge in [-0.15, -0.1) is 0 Å². The molecule has 0 radical (unpaired) electrons. The lowest BCUT2D eigenvalue weighted by atomic mass is 10.2. The number of benzene rings is 1. The zero-order valence-corrected chi connectivity index (χ0v) is 8.97. The molecule has 0 aliphatic heterocycles. The summed E-state index contributed by atoms with van der Waals surface area (Å²) in [5, 5.41) is 0.692. The quantitative estimate of drug-likeness (QED) is 0.680. The second kappa shape index (κ2) is 3.89. The Bertz CT molecular complexity index is 302. The van der Waals surface area contributed by atoms with Gasteiger partial charge >= 0.3 is 0 Å². The first-order chi connectivity index (χ1) is 6.03. The molecular formula is C10H13O2P. The number of ether oxygens (including phenoxy) is 1. The van der Waals surface area contributed by atoms with E-state index in [0.29, 0.717) is 11.1 Å². The van der Waals surface area contributed by atoms with E-state index in [2.05, 4.69) is 0 Å². The van der Waals surface area contributed by atoms with Crippen molar-refractivity contribution >= 4 is 13.8 Å². The van der Waals surface area contributed by atoms with Crippen LogP contribution in [0.1, 0.15) is 20.8 Å². The minimum Gasteiger partial charge on any atom is -0.487 e. The van der Waals surface area contributed by atoms with Crippen LogP contribution >= 0.6 is 8.46 Å². The van der Waals surface area contributed by atoms with Crippen LogP contribution in [0.25, 0.3) is 0 Å². The van der Waals surface area contributed by atoms with E-state index in [0.717, 1.165) is 0 Å². The zero-order valence-electron chi connectivity index (χ0n) is 8.07. The summed E-state index contributed by atoms with van der Waals surface area (Å²) >= 11 is 0. The first kappa shape index (κ1) is 10.2. The van der Waals surface area contributed by atoms with Crippen molar-refractivity contribution in [1.82, 2.24) is 0 Å². The molecule has 0 spiro atoms. The monoisotopic (exact) mass is 196 g/mol. The lowest BCUT2D eigenvalue weighted by Gasteiger charge is -2.21. The smallest absolute Gasteiger partial charge is 0.196 e. The first-order valence-electron chi connectivity index (χ1n) is 4.14. The van der Waals surface area contributed by atoms with Crippen molar-refractivity contribution < 1.29 is 9.30 Å². The van der Waals surface area contributed by atoms with E-state index in [9.17, 15) is 4.57 Å². The number of hydrogen-bond acceptors (Lipinski definition) is 2. The average Bonchev–Trinajstić information content (AvgIpc) is 2.02. The highest BCUT2D eigenvalue weighted by atomic mass is 31.1. The molecule has 2 nitrogen and oxygen atoms in total. The van der Waals surface area contributed by atoms with Crippen molar-refractivity contribution in [3.05, 3.63) is 24.3 Å². The van der Waals surface area contributed by atoms with Crippen LogP contribution in [0, 0.1) is 0 Å². The summed E-state index contributed by atoms with van der Waals surface area (Å²) < 4.78 is 16.3. The van der Waals surface area contributed by atoms with E-state index in [-0.39, 0.29) is 14.1 Å². The van der Waals surface area contributed by atoms with E-state index in [1.807, 2.05) is 39.0 Å². The molecule has 0 aliphatic rings. The van der Waals surface area contributed by atoms with Gasteiger partial charge in [0, 0.05) is 0 Å². The van der Waals surface area contributed by atoms with Gasteiger partial charge in [0.25, 0.3) is 0 Å². The first-order valence-corrected chi connectivity index (χ1v) is 4.95. The molecule has 0 unspecified atom stereocenters. The van der Waals surface area contributed by atoms with Gasteiger partial charge < -0.3 is 4.74 Å². The lowest BCUT2D eigenvalue weighted by Crippen LogP contribution is -2.25. The maximum absolute atomic E-state index is 10.7. The number of rotatable bonds is 2. The highest BCUT2D eigenvalue weighted by Gasteiger charge is 2.13. The molecule has 0 bridgehead atoms. The Hall–Kier alpha value is -0.880. The molecule has 0 saturated heterocycles. The molecule has 1 aromatic carbocycles. The van der Waals surface area contributed by atoms with Crippen LogP contribution in [-0.2, 0) is 4.57 Å². The normalized spacial score (nSPS) is 11.6. The molecule has 1 aromatic rings. The summed E-state index contributed by atoms with van der Waals surface area (Å²) in [6.45, 7) is 5.89. The van der Waals surface area contributed by atoms with Gasteiger partial charge in [-0.05, 0) is 32.9 Å². The van der Waals surface area contributed by atoms with E-state index in [1.54, 1.807) is 6.07 Å². The fraction of sp³-hybridized carbons (Fsp3) is 0.400. The summed E-state index contributed by atoms with van der Waals surface area (Å²) in [5.74, 6) is 0.687. The Labute approximate surface area is 80.1 Å². The van der Waals surface area contributed by atoms with Gasteiger partial charge in [-0.2, -0.15) is 0 Å². The molecule has 0 aliphatic carbocycles. The van der Waals surface area contributed by atoms with Crippen molar-refractivity contribution in [3.63, 3.8) is 0 Å². The molecule has 0 saturated carbocycles. The second-order valence-electron chi connectivity index (χ2n) is 3.77. The highest BCUT2D eigenvalue weighted by Crippen LogP contribution is 2.18. The Balaban J connectivity index is 2.94. The molecule has 0 N–H and O–H groups in total. The summed E-state index contributed by atoms with van der Waals surface area (Å²) in [5.41, 5.74) is -0.249. The largest absolute Gasteiger partial charge is 0.487 e. The average molecular weight is 196 g/mol.